The molecule has 13 heavy (non-hydrogen) atoms. The Balaban J connectivity index is 2.86. The van der Waals surface area contributed by atoms with Crippen molar-refractivity contribution in [1.29, 1.82) is 5.26 Å². The zero-order valence-corrected chi connectivity index (χ0v) is 7.49. The van der Waals surface area contributed by atoms with Crippen molar-refractivity contribution in [3.8, 4) is 11.8 Å². The van der Waals surface area contributed by atoms with Gasteiger partial charge in [-0.3, -0.25) is 5.32 Å². The van der Waals surface area contributed by atoms with Gasteiger partial charge in [0.25, 0.3) is 0 Å². The lowest BCUT2D eigenvalue weighted by molar-refractivity contribution is 0.473. The van der Waals surface area contributed by atoms with E-state index in [2.05, 4.69) is 11.4 Å². The summed E-state index contributed by atoms with van der Waals surface area (Å²) in [5, 5.41) is 21.0. The van der Waals surface area contributed by atoms with Crippen LogP contribution in [0, 0.1) is 11.3 Å². The summed E-state index contributed by atoms with van der Waals surface area (Å²) in [4.78, 5) is 0. The van der Waals surface area contributed by atoms with Gasteiger partial charge in [0, 0.05) is 0 Å². The first-order chi connectivity index (χ1) is 6.27. The number of aromatic hydroxyl groups is 1. The van der Waals surface area contributed by atoms with Crippen molar-refractivity contribution in [3.63, 3.8) is 0 Å². The Labute approximate surface area is 77.6 Å². The van der Waals surface area contributed by atoms with Crippen LogP contribution in [0.3, 0.4) is 0 Å². The van der Waals surface area contributed by atoms with E-state index in [0.717, 1.165) is 12.1 Å². The average Bonchev–Trinajstić information content (AvgIpc) is 2.14. The highest BCUT2D eigenvalue weighted by Gasteiger charge is 2.07. The van der Waals surface area contributed by atoms with Crippen molar-refractivity contribution in [1.82, 2.24) is 5.32 Å². The van der Waals surface area contributed by atoms with E-state index in [1.54, 1.807) is 18.2 Å². The molecule has 3 heteroatoms. The summed E-state index contributed by atoms with van der Waals surface area (Å²) in [5.74, 6) is 0.190. The lowest BCUT2D eigenvalue weighted by atomic mass is 10.1. The molecule has 1 rings (SSSR count). The fourth-order valence-corrected chi connectivity index (χ4v) is 1.15. The second kappa shape index (κ2) is 4.48. The summed E-state index contributed by atoms with van der Waals surface area (Å²) in [6.07, 6.45) is 0. The molecular formula is C10H12N2O. The number of hydrogen-bond acceptors (Lipinski definition) is 3. The summed E-state index contributed by atoms with van der Waals surface area (Å²) in [6, 6.07) is 8.51. The van der Waals surface area contributed by atoms with E-state index >= 15 is 0 Å². The molecule has 0 aliphatic rings. The van der Waals surface area contributed by atoms with Gasteiger partial charge >= 0.3 is 0 Å². The third-order valence-corrected chi connectivity index (χ3v) is 1.74. The lowest BCUT2D eigenvalue weighted by Gasteiger charge is -2.09. The van der Waals surface area contributed by atoms with Crippen LogP contribution in [0.4, 0.5) is 0 Å². The Hall–Kier alpha value is -1.53. The van der Waals surface area contributed by atoms with Crippen LogP contribution in [0.15, 0.2) is 24.3 Å². The molecule has 0 bridgehead atoms. The van der Waals surface area contributed by atoms with Gasteiger partial charge in [0.15, 0.2) is 0 Å². The summed E-state index contributed by atoms with van der Waals surface area (Å²) in [7, 11) is 0. The van der Waals surface area contributed by atoms with Gasteiger partial charge in [-0.05, 0) is 24.2 Å². The SMILES string of the molecule is CCNC(C#N)c1cccc(O)c1. The molecule has 0 fully saturated rings. The summed E-state index contributed by atoms with van der Waals surface area (Å²) in [6.45, 7) is 2.67. The van der Waals surface area contributed by atoms with Crippen LogP contribution >= 0.6 is 0 Å². The first kappa shape index (κ1) is 9.56. The number of benzene rings is 1. The van der Waals surface area contributed by atoms with Crippen LogP contribution < -0.4 is 5.32 Å². The summed E-state index contributed by atoms with van der Waals surface area (Å²) in [5.41, 5.74) is 0.796. The molecule has 0 saturated heterocycles. The van der Waals surface area contributed by atoms with Crippen LogP contribution in [-0.4, -0.2) is 11.7 Å². The molecule has 1 aromatic rings. The van der Waals surface area contributed by atoms with Crippen LogP contribution in [-0.2, 0) is 0 Å². The number of rotatable bonds is 3. The quantitative estimate of drug-likeness (QED) is 0.734. The van der Waals surface area contributed by atoms with Gasteiger partial charge in [0.05, 0.1) is 6.07 Å². The van der Waals surface area contributed by atoms with Crippen molar-refractivity contribution >= 4 is 0 Å². The second-order valence-corrected chi connectivity index (χ2v) is 2.71. The van der Waals surface area contributed by atoms with Crippen LogP contribution in [0.5, 0.6) is 5.75 Å². The maximum Gasteiger partial charge on any atom is 0.121 e. The van der Waals surface area contributed by atoms with Crippen molar-refractivity contribution in [3.05, 3.63) is 29.8 Å². The van der Waals surface area contributed by atoms with E-state index in [4.69, 9.17) is 5.26 Å². The molecule has 2 N–H and O–H groups in total. The molecule has 0 aliphatic carbocycles. The van der Waals surface area contributed by atoms with Crippen LogP contribution in [0.2, 0.25) is 0 Å². The standard InChI is InChI=1S/C10H12N2O/c1-2-12-10(7-11)8-4-3-5-9(13)6-8/h3-6,10,12-13H,2H2,1H3. The number of phenolic OH excluding ortho intramolecular Hbond substituents is 1. The average molecular weight is 176 g/mol. The van der Waals surface area contributed by atoms with Crippen molar-refractivity contribution in [2.24, 2.45) is 0 Å². The molecule has 1 aromatic carbocycles. The van der Waals surface area contributed by atoms with E-state index in [-0.39, 0.29) is 11.8 Å². The first-order valence-corrected chi connectivity index (χ1v) is 4.20. The second-order valence-electron chi connectivity index (χ2n) is 2.71. The van der Waals surface area contributed by atoms with Gasteiger partial charge in [-0.25, -0.2) is 0 Å². The zero-order chi connectivity index (χ0) is 9.68. The highest BCUT2D eigenvalue weighted by atomic mass is 16.3. The number of nitrogens with zero attached hydrogens (tertiary/aromatic N) is 1. The number of hydrogen-bond donors (Lipinski definition) is 2. The molecule has 68 valence electrons. The first-order valence-electron chi connectivity index (χ1n) is 4.20. The predicted molar refractivity (Wildman–Crippen MR) is 50.1 cm³/mol. The molecule has 0 amide bonds. The lowest BCUT2D eigenvalue weighted by Crippen LogP contribution is -2.18. The van der Waals surface area contributed by atoms with E-state index in [0.29, 0.717) is 0 Å². The van der Waals surface area contributed by atoms with Crippen molar-refractivity contribution < 1.29 is 5.11 Å². The van der Waals surface area contributed by atoms with Gasteiger partial charge in [-0.1, -0.05) is 19.1 Å². The minimum Gasteiger partial charge on any atom is -0.508 e. The van der Waals surface area contributed by atoms with E-state index in [9.17, 15) is 5.11 Å². The molecule has 3 nitrogen and oxygen atoms in total. The van der Waals surface area contributed by atoms with Crippen LogP contribution in [0.25, 0.3) is 0 Å². The van der Waals surface area contributed by atoms with Gasteiger partial charge in [0.1, 0.15) is 11.8 Å². The molecular weight excluding hydrogens is 164 g/mol. The predicted octanol–water partition coefficient (Wildman–Crippen LogP) is 1.57. The molecule has 0 aromatic heterocycles. The van der Waals surface area contributed by atoms with Gasteiger partial charge in [-0.2, -0.15) is 5.26 Å². The Kier molecular flexibility index (Phi) is 3.30. The Morgan fingerprint density at radius 2 is 2.38 bits per heavy atom. The Morgan fingerprint density at radius 3 is 2.92 bits per heavy atom. The molecule has 0 spiro atoms. The van der Waals surface area contributed by atoms with E-state index in [1.165, 1.54) is 0 Å². The van der Waals surface area contributed by atoms with Crippen molar-refractivity contribution in [2.45, 2.75) is 13.0 Å². The smallest absolute Gasteiger partial charge is 0.121 e. The monoisotopic (exact) mass is 176 g/mol. The number of phenols is 1. The minimum atomic E-state index is -0.336. The third-order valence-electron chi connectivity index (χ3n) is 1.74. The number of nitriles is 1. The largest absolute Gasteiger partial charge is 0.508 e. The molecule has 0 saturated carbocycles. The minimum absolute atomic E-state index is 0.190. The highest BCUT2D eigenvalue weighted by Crippen LogP contribution is 2.17. The molecule has 0 aliphatic heterocycles. The van der Waals surface area contributed by atoms with Gasteiger partial charge < -0.3 is 5.11 Å². The van der Waals surface area contributed by atoms with Crippen molar-refractivity contribution in [2.75, 3.05) is 6.54 Å². The van der Waals surface area contributed by atoms with Crippen LogP contribution in [0.1, 0.15) is 18.5 Å². The van der Waals surface area contributed by atoms with Gasteiger partial charge in [0.2, 0.25) is 0 Å². The normalized spacial score (nSPS) is 12.0. The summed E-state index contributed by atoms with van der Waals surface area (Å²) < 4.78 is 0. The van der Waals surface area contributed by atoms with Gasteiger partial charge in [-0.15, -0.1) is 0 Å². The highest BCUT2D eigenvalue weighted by molar-refractivity contribution is 5.31. The molecule has 1 unspecified atom stereocenters. The fourth-order valence-electron chi connectivity index (χ4n) is 1.15. The molecule has 1 atom stereocenters. The molecule has 0 heterocycles. The fraction of sp³-hybridized carbons (Fsp3) is 0.300. The maximum atomic E-state index is 9.19. The Bertz CT molecular complexity index is 317. The van der Waals surface area contributed by atoms with E-state index in [1.807, 2.05) is 13.0 Å². The zero-order valence-electron chi connectivity index (χ0n) is 7.49. The van der Waals surface area contributed by atoms with E-state index < -0.39 is 0 Å². The topological polar surface area (TPSA) is 56.0 Å². The molecule has 0 radical (unpaired) electrons. The summed E-state index contributed by atoms with van der Waals surface area (Å²) >= 11 is 0. The Morgan fingerprint density at radius 1 is 1.62 bits per heavy atom. The maximum absolute atomic E-state index is 9.19. The third kappa shape index (κ3) is 2.46. The number of nitrogens with one attached hydrogen (secondary N) is 1.